The van der Waals surface area contributed by atoms with Crippen molar-refractivity contribution in [2.75, 3.05) is 23.3 Å². The molecule has 8 nitrogen and oxygen atoms in total. The minimum Gasteiger partial charge on any atom is -0.459 e. The fraction of sp³-hybridized carbons (Fsp3) is 0.333. The van der Waals surface area contributed by atoms with Crippen molar-refractivity contribution in [3.63, 3.8) is 0 Å². The Hall–Kier alpha value is -3.65. The van der Waals surface area contributed by atoms with Gasteiger partial charge >= 0.3 is 5.97 Å². The number of carbonyl (C=O) groups is 4. The first-order chi connectivity index (χ1) is 17.3. The normalized spacial score (nSPS) is 16.4. The fourth-order valence-corrected chi connectivity index (χ4v) is 4.38. The third-order valence-corrected chi connectivity index (χ3v) is 6.38. The van der Waals surface area contributed by atoms with Crippen molar-refractivity contribution in [2.45, 2.75) is 45.6 Å². The Balaban J connectivity index is 1.45. The number of rotatable bonds is 6. The Bertz CT molecular complexity index is 1200. The number of hydrogen-bond acceptors (Lipinski definition) is 6. The maximum absolute atomic E-state index is 13.1. The van der Waals surface area contributed by atoms with Gasteiger partial charge in [-0.25, -0.2) is 9.69 Å². The average molecular weight is 510 g/mol. The van der Waals surface area contributed by atoms with Gasteiger partial charge in [0.2, 0.25) is 0 Å². The molecular weight excluding hydrogens is 482 g/mol. The van der Waals surface area contributed by atoms with E-state index in [1.165, 1.54) is 24.3 Å². The highest BCUT2D eigenvalue weighted by atomic mass is 35.5. The third kappa shape index (κ3) is 5.44. The van der Waals surface area contributed by atoms with Gasteiger partial charge in [-0.2, -0.15) is 0 Å². The van der Waals surface area contributed by atoms with Crippen LogP contribution in [-0.2, 0) is 14.3 Å². The maximum Gasteiger partial charge on any atom is 0.338 e. The van der Waals surface area contributed by atoms with Crippen LogP contribution >= 0.6 is 11.6 Å². The summed E-state index contributed by atoms with van der Waals surface area (Å²) < 4.78 is 5.16. The lowest BCUT2D eigenvalue weighted by molar-refractivity contribution is -0.120. The van der Waals surface area contributed by atoms with Crippen LogP contribution in [-0.4, -0.2) is 47.8 Å². The molecule has 3 amide bonds. The molecule has 0 aromatic heterocycles. The minimum atomic E-state index is -0.672. The first-order valence-electron chi connectivity index (χ1n) is 12.0. The summed E-state index contributed by atoms with van der Waals surface area (Å²) in [6, 6.07) is 12.7. The number of anilines is 2. The lowest BCUT2D eigenvalue weighted by atomic mass is 10.1. The summed E-state index contributed by atoms with van der Waals surface area (Å²) in [4.78, 5) is 53.5. The largest absolute Gasteiger partial charge is 0.459 e. The fourth-order valence-electron chi connectivity index (χ4n) is 4.17. The second kappa shape index (κ2) is 11.0. The van der Waals surface area contributed by atoms with Crippen molar-refractivity contribution in [1.29, 1.82) is 0 Å². The van der Waals surface area contributed by atoms with Gasteiger partial charge in [0.25, 0.3) is 17.7 Å². The summed E-state index contributed by atoms with van der Waals surface area (Å²) in [5.74, 6) is -1.80. The number of esters is 1. The molecule has 0 unspecified atom stereocenters. The first-order valence-corrected chi connectivity index (χ1v) is 12.4. The molecule has 2 aromatic rings. The predicted octanol–water partition coefficient (Wildman–Crippen LogP) is 4.70. The molecule has 36 heavy (non-hydrogen) atoms. The van der Waals surface area contributed by atoms with Gasteiger partial charge in [-0.1, -0.05) is 24.4 Å². The van der Waals surface area contributed by atoms with Gasteiger partial charge in [0, 0.05) is 24.3 Å². The number of hydrogen-bond donors (Lipinski definition) is 1. The molecule has 0 saturated carbocycles. The van der Waals surface area contributed by atoms with Crippen LogP contribution in [0, 0.1) is 0 Å². The van der Waals surface area contributed by atoms with E-state index >= 15 is 0 Å². The summed E-state index contributed by atoms with van der Waals surface area (Å²) in [6.45, 7) is 5.01. The molecule has 1 N–H and O–H groups in total. The summed E-state index contributed by atoms with van der Waals surface area (Å²) in [6.07, 6.45) is 4.03. The number of ether oxygens (including phenoxy) is 1. The van der Waals surface area contributed by atoms with E-state index in [9.17, 15) is 19.2 Å². The minimum absolute atomic E-state index is 0.0142. The van der Waals surface area contributed by atoms with Gasteiger partial charge in [0.1, 0.15) is 10.7 Å². The molecule has 0 radical (unpaired) electrons. The monoisotopic (exact) mass is 509 g/mol. The molecule has 0 spiro atoms. The van der Waals surface area contributed by atoms with E-state index in [2.05, 4.69) is 5.32 Å². The zero-order valence-electron chi connectivity index (χ0n) is 20.3. The molecule has 2 heterocycles. The van der Waals surface area contributed by atoms with Crippen molar-refractivity contribution < 1.29 is 23.9 Å². The molecule has 188 valence electrons. The van der Waals surface area contributed by atoms with E-state index < -0.39 is 17.8 Å². The van der Waals surface area contributed by atoms with E-state index in [1.807, 2.05) is 4.90 Å². The Labute approximate surface area is 214 Å². The summed E-state index contributed by atoms with van der Waals surface area (Å²) in [5.41, 5.74) is 1.61. The van der Waals surface area contributed by atoms with Crippen molar-refractivity contribution >= 4 is 46.7 Å². The van der Waals surface area contributed by atoms with Crippen LogP contribution in [0.4, 0.5) is 11.4 Å². The number of benzene rings is 2. The Kier molecular flexibility index (Phi) is 7.74. The van der Waals surface area contributed by atoms with E-state index in [-0.39, 0.29) is 28.4 Å². The lowest BCUT2D eigenvalue weighted by Gasteiger charge is -2.20. The zero-order valence-corrected chi connectivity index (χ0v) is 21.0. The van der Waals surface area contributed by atoms with Crippen molar-refractivity contribution in [2.24, 2.45) is 0 Å². The number of carbonyl (C=O) groups excluding carboxylic acids is 4. The van der Waals surface area contributed by atoms with Crippen LogP contribution in [0.1, 0.15) is 60.2 Å². The van der Waals surface area contributed by atoms with E-state index in [0.717, 1.165) is 43.7 Å². The van der Waals surface area contributed by atoms with E-state index in [1.54, 1.807) is 38.1 Å². The number of halogens is 1. The number of nitrogens with zero attached hydrogens (tertiary/aromatic N) is 2. The van der Waals surface area contributed by atoms with Crippen LogP contribution in [0.25, 0.3) is 0 Å². The van der Waals surface area contributed by atoms with Crippen molar-refractivity contribution in [3.8, 4) is 0 Å². The molecule has 0 atom stereocenters. The molecule has 2 aliphatic rings. The Morgan fingerprint density at radius 2 is 1.44 bits per heavy atom. The van der Waals surface area contributed by atoms with Crippen LogP contribution < -0.4 is 10.2 Å². The molecule has 0 bridgehead atoms. The van der Waals surface area contributed by atoms with Gasteiger partial charge < -0.3 is 15.0 Å². The molecule has 2 aromatic carbocycles. The molecular formula is C27H28ClN3O5. The third-order valence-electron chi connectivity index (χ3n) is 6.03. The van der Waals surface area contributed by atoms with E-state index in [0.29, 0.717) is 16.8 Å². The van der Waals surface area contributed by atoms with Gasteiger partial charge in [0.15, 0.2) is 0 Å². The zero-order chi connectivity index (χ0) is 25.8. The van der Waals surface area contributed by atoms with Gasteiger partial charge in [-0.05, 0) is 75.2 Å². The van der Waals surface area contributed by atoms with Crippen LogP contribution in [0.15, 0.2) is 59.3 Å². The van der Waals surface area contributed by atoms with Gasteiger partial charge in [-0.15, -0.1) is 0 Å². The van der Waals surface area contributed by atoms with Gasteiger partial charge in [-0.3, -0.25) is 14.4 Å². The van der Waals surface area contributed by atoms with Crippen molar-refractivity contribution in [3.05, 3.63) is 70.4 Å². The summed E-state index contributed by atoms with van der Waals surface area (Å²) >= 11 is 6.23. The Morgan fingerprint density at radius 3 is 2.03 bits per heavy atom. The highest BCUT2D eigenvalue weighted by Gasteiger charge is 2.39. The number of nitrogens with one attached hydrogen (secondary N) is 1. The number of likely N-dealkylation sites (tertiary alicyclic amines) is 1. The highest BCUT2D eigenvalue weighted by molar-refractivity contribution is 6.53. The highest BCUT2D eigenvalue weighted by Crippen LogP contribution is 2.30. The molecule has 4 rings (SSSR count). The first kappa shape index (κ1) is 25.4. The van der Waals surface area contributed by atoms with Crippen LogP contribution in [0.3, 0.4) is 0 Å². The molecule has 9 heteroatoms. The van der Waals surface area contributed by atoms with Crippen molar-refractivity contribution in [1.82, 2.24) is 4.90 Å². The molecule has 2 aliphatic heterocycles. The van der Waals surface area contributed by atoms with Gasteiger partial charge in [0.05, 0.1) is 17.4 Å². The van der Waals surface area contributed by atoms with Crippen LogP contribution in [0.2, 0.25) is 0 Å². The smallest absolute Gasteiger partial charge is 0.338 e. The number of amides is 3. The molecule has 0 aliphatic carbocycles. The second-order valence-corrected chi connectivity index (χ2v) is 9.42. The second-order valence-electron chi connectivity index (χ2n) is 9.04. The topological polar surface area (TPSA) is 96.0 Å². The van der Waals surface area contributed by atoms with E-state index in [4.69, 9.17) is 16.3 Å². The standard InChI is InChI=1S/C27H28ClN3O5/c1-17(2)36-27(35)19-9-13-21(14-10-19)31-25(33)22(28)23(26(31)34)29-20-11-7-18(8-12-20)24(32)30-15-5-3-4-6-16-30/h7-14,17,29H,3-6,15-16H2,1-2H3. The molecule has 1 saturated heterocycles. The average Bonchev–Trinajstić information content (AvgIpc) is 3.06. The Morgan fingerprint density at radius 1 is 0.861 bits per heavy atom. The maximum atomic E-state index is 13.1. The quantitative estimate of drug-likeness (QED) is 0.448. The summed E-state index contributed by atoms with van der Waals surface area (Å²) in [7, 11) is 0. The SMILES string of the molecule is CC(C)OC(=O)c1ccc(N2C(=O)C(Cl)=C(Nc3ccc(C(=O)N4CCCCCC4)cc3)C2=O)cc1. The number of imide groups is 1. The van der Waals surface area contributed by atoms with Crippen LogP contribution in [0.5, 0.6) is 0 Å². The summed E-state index contributed by atoms with van der Waals surface area (Å²) in [5, 5.41) is 2.67. The molecule has 1 fully saturated rings. The predicted molar refractivity (Wildman–Crippen MR) is 137 cm³/mol. The lowest BCUT2D eigenvalue weighted by Crippen LogP contribution is -2.32.